The SMILES string of the molecule is O=C(NCCNc1ccc(C(F)(F)F)cn1)c1cc(Cl)ccc1F. The van der Waals surface area contributed by atoms with Gasteiger partial charge in [-0.15, -0.1) is 0 Å². The van der Waals surface area contributed by atoms with E-state index in [1.807, 2.05) is 0 Å². The van der Waals surface area contributed by atoms with E-state index in [-0.39, 0.29) is 29.5 Å². The summed E-state index contributed by atoms with van der Waals surface area (Å²) < 4.78 is 50.7. The first kappa shape index (κ1) is 18.0. The molecule has 0 atom stereocenters. The van der Waals surface area contributed by atoms with Crippen LogP contribution in [0.3, 0.4) is 0 Å². The summed E-state index contributed by atoms with van der Waals surface area (Å²) in [5, 5.41) is 5.44. The molecule has 1 aromatic carbocycles. The second kappa shape index (κ2) is 7.48. The van der Waals surface area contributed by atoms with Gasteiger partial charge in [0.2, 0.25) is 0 Å². The van der Waals surface area contributed by atoms with Gasteiger partial charge < -0.3 is 10.6 Å². The summed E-state index contributed by atoms with van der Waals surface area (Å²) in [6, 6.07) is 5.70. The van der Waals surface area contributed by atoms with Crippen LogP contribution in [0.5, 0.6) is 0 Å². The Bertz CT molecular complexity index is 720. The lowest BCUT2D eigenvalue weighted by atomic mass is 10.2. The van der Waals surface area contributed by atoms with Crippen molar-refractivity contribution in [2.24, 2.45) is 0 Å². The Morgan fingerprint density at radius 3 is 2.54 bits per heavy atom. The Morgan fingerprint density at radius 1 is 1.17 bits per heavy atom. The van der Waals surface area contributed by atoms with E-state index >= 15 is 0 Å². The van der Waals surface area contributed by atoms with Gasteiger partial charge in [-0.2, -0.15) is 13.2 Å². The molecule has 0 aliphatic heterocycles. The lowest BCUT2D eigenvalue weighted by molar-refractivity contribution is -0.137. The van der Waals surface area contributed by atoms with Gasteiger partial charge in [-0.1, -0.05) is 11.6 Å². The van der Waals surface area contributed by atoms with Gasteiger partial charge in [0.1, 0.15) is 11.6 Å². The molecule has 0 unspecified atom stereocenters. The van der Waals surface area contributed by atoms with Crippen LogP contribution in [-0.4, -0.2) is 24.0 Å². The van der Waals surface area contributed by atoms with Crippen LogP contribution in [0, 0.1) is 5.82 Å². The minimum absolute atomic E-state index is 0.119. The molecule has 1 aromatic heterocycles. The van der Waals surface area contributed by atoms with Crippen molar-refractivity contribution in [3.8, 4) is 0 Å². The highest BCUT2D eigenvalue weighted by Gasteiger charge is 2.30. The third kappa shape index (κ3) is 4.82. The molecule has 0 spiro atoms. The Hall–Kier alpha value is -2.35. The van der Waals surface area contributed by atoms with E-state index in [0.29, 0.717) is 6.20 Å². The highest BCUT2D eigenvalue weighted by atomic mass is 35.5. The number of nitrogens with zero attached hydrogens (tertiary/aromatic N) is 1. The van der Waals surface area contributed by atoms with Crippen molar-refractivity contribution < 1.29 is 22.4 Å². The van der Waals surface area contributed by atoms with Crippen LogP contribution in [0.4, 0.5) is 23.4 Å². The summed E-state index contributed by atoms with van der Waals surface area (Å²) in [4.78, 5) is 15.4. The van der Waals surface area contributed by atoms with Crippen LogP contribution in [-0.2, 0) is 6.18 Å². The minimum atomic E-state index is -4.44. The normalized spacial score (nSPS) is 11.2. The molecule has 2 N–H and O–H groups in total. The fraction of sp³-hybridized carbons (Fsp3) is 0.200. The third-order valence-electron chi connectivity index (χ3n) is 2.98. The Labute approximate surface area is 139 Å². The van der Waals surface area contributed by atoms with E-state index in [0.717, 1.165) is 12.1 Å². The maximum atomic E-state index is 13.5. The van der Waals surface area contributed by atoms with Crippen LogP contribution in [0.25, 0.3) is 0 Å². The average Bonchev–Trinajstić information content (AvgIpc) is 2.53. The number of hydrogen-bond acceptors (Lipinski definition) is 3. The van der Waals surface area contributed by atoms with Crippen molar-refractivity contribution in [1.29, 1.82) is 0 Å². The van der Waals surface area contributed by atoms with E-state index in [9.17, 15) is 22.4 Å². The molecule has 0 aliphatic carbocycles. The summed E-state index contributed by atoms with van der Waals surface area (Å²) in [6.45, 7) is 0.319. The van der Waals surface area contributed by atoms with Crippen molar-refractivity contribution in [2.45, 2.75) is 6.18 Å². The van der Waals surface area contributed by atoms with E-state index in [2.05, 4.69) is 15.6 Å². The molecule has 24 heavy (non-hydrogen) atoms. The lowest BCUT2D eigenvalue weighted by Crippen LogP contribution is -2.29. The number of anilines is 1. The van der Waals surface area contributed by atoms with Gasteiger partial charge in [0, 0.05) is 24.3 Å². The van der Waals surface area contributed by atoms with E-state index in [1.54, 1.807) is 0 Å². The number of pyridine rings is 1. The number of rotatable bonds is 5. The Morgan fingerprint density at radius 2 is 1.92 bits per heavy atom. The number of carbonyl (C=O) groups is 1. The first-order valence-corrected chi connectivity index (χ1v) is 7.15. The smallest absolute Gasteiger partial charge is 0.368 e. The summed E-state index contributed by atoms with van der Waals surface area (Å²) in [7, 11) is 0. The van der Waals surface area contributed by atoms with Crippen LogP contribution >= 0.6 is 11.6 Å². The van der Waals surface area contributed by atoms with E-state index < -0.39 is 23.5 Å². The monoisotopic (exact) mass is 361 g/mol. The van der Waals surface area contributed by atoms with Crippen molar-refractivity contribution in [1.82, 2.24) is 10.3 Å². The number of halogens is 5. The molecule has 0 fully saturated rings. The second-order valence-electron chi connectivity index (χ2n) is 4.74. The average molecular weight is 362 g/mol. The third-order valence-corrected chi connectivity index (χ3v) is 3.22. The predicted molar refractivity (Wildman–Crippen MR) is 81.5 cm³/mol. The molecule has 2 rings (SSSR count). The topological polar surface area (TPSA) is 54.0 Å². The first-order valence-electron chi connectivity index (χ1n) is 6.78. The molecule has 0 bridgehead atoms. The van der Waals surface area contributed by atoms with Gasteiger partial charge in [-0.3, -0.25) is 4.79 Å². The summed E-state index contributed by atoms with van der Waals surface area (Å²) in [6.07, 6.45) is -3.73. The molecule has 0 saturated carbocycles. The standard InChI is InChI=1S/C15H12ClF4N3O/c16-10-2-3-12(17)11(7-10)14(24)22-6-5-21-13-4-1-9(8-23-13)15(18,19)20/h1-4,7-8H,5-6H2,(H,21,23)(H,22,24). The summed E-state index contributed by atoms with van der Waals surface area (Å²) in [5.74, 6) is -1.11. The number of benzene rings is 1. The number of hydrogen-bond donors (Lipinski definition) is 2. The number of carbonyl (C=O) groups excluding carboxylic acids is 1. The quantitative estimate of drug-likeness (QED) is 0.630. The lowest BCUT2D eigenvalue weighted by Gasteiger charge is -2.10. The number of aromatic nitrogens is 1. The molecular weight excluding hydrogens is 350 g/mol. The van der Waals surface area contributed by atoms with Crippen molar-refractivity contribution in [2.75, 3.05) is 18.4 Å². The highest BCUT2D eigenvalue weighted by Crippen LogP contribution is 2.28. The number of alkyl halides is 3. The zero-order chi connectivity index (χ0) is 17.7. The molecule has 4 nitrogen and oxygen atoms in total. The Kier molecular flexibility index (Phi) is 5.61. The van der Waals surface area contributed by atoms with Crippen molar-refractivity contribution in [3.05, 3.63) is 58.5 Å². The minimum Gasteiger partial charge on any atom is -0.368 e. The fourth-order valence-corrected chi connectivity index (χ4v) is 1.97. The molecule has 1 heterocycles. The van der Waals surface area contributed by atoms with Crippen LogP contribution < -0.4 is 10.6 Å². The Balaban J connectivity index is 1.82. The molecule has 9 heteroatoms. The number of nitrogens with one attached hydrogen (secondary N) is 2. The van der Waals surface area contributed by atoms with Gasteiger partial charge in [-0.05, 0) is 30.3 Å². The largest absolute Gasteiger partial charge is 0.417 e. The maximum Gasteiger partial charge on any atom is 0.417 e. The van der Waals surface area contributed by atoms with Gasteiger partial charge in [0.05, 0.1) is 11.1 Å². The van der Waals surface area contributed by atoms with Crippen LogP contribution in [0.15, 0.2) is 36.5 Å². The zero-order valence-electron chi connectivity index (χ0n) is 12.1. The van der Waals surface area contributed by atoms with Crippen LogP contribution in [0.1, 0.15) is 15.9 Å². The summed E-state index contributed by atoms with van der Waals surface area (Å²) >= 11 is 5.70. The van der Waals surface area contributed by atoms with E-state index in [1.165, 1.54) is 18.2 Å². The molecule has 2 aromatic rings. The first-order chi connectivity index (χ1) is 11.3. The maximum absolute atomic E-state index is 13.5. The number of amides is 1. The van der Waals surface area contributed by atoms with Gasteiger partial charge in [0.25, 0.3) is 5.91 Å². The fourth-order valence-electron chi connectivity index (χ4n) is 1.80. The van der Waals surface area contributed by atoms with Gasteiger partial charge >= 0.3 is 6.18 Å². The van der Waals surface area contributed by atoms with E-state index in [4.69, 9.17) is 11.6 Å². The van der Waals surface area contributed by atoms with Gasteiger partial charge in [-0.25, -0.2) is 9.37 Å². The second-order valence-corrected chi connectivity index (χ2v) is 5.17. The highest BCUT2D eigenvalue weighted by molar-refractivity contribution is 6.31. The van der Waals surface area contributed by atoms with Crippen LogP contribution in [0.2, 0.25) is 5.02 Å². The molecule has 1 amide bonds. The van der Waals surface area contributed by atoms with Crippen molar-refractivity contribution in [3.63, 3.8) is 0 Å². The molecule has 0 radical (unpaired) electrons. The summed E-state index contributed by atoms with van der Waals surface area (Å²) in [5.41, 5.74) is -1.03. The molecular formula is C15H12ClF4N3O. The zero-order valence-corrected chi connectivity index (χ0v) is 12.9. The molecule has 0 aliphatic rings. The van der Waals surface area contributed by atoms with Gasteiger partial charge in [0.15, 0.2) is 0 Å². The molecule has 128 valence electrons. The predicted octanol–water partition coefficient (Wildman–Crippen LogP) is 3.73. The van der Waals surface area contributed by atoms with Crippen molar-refractivity contribution >= 4 is 23.3 Å². The molecule has 0 saturated heterocycles.